The Morgan fingerprint density at radius 2 is 1.76 bits per heavy atom. The first-order chi connectivity index (χ1) is 13.4. The molecule has 0 heterocycles. The summed E-state index contributed by atoms with van der Waals surface area (Å²) in [4.78, 5) is 26.3. The summed E-state index contributed by atoms with van der Waals surface area (Å²) >= 11 is 0. The summed E-state index contributed by atoms with van der Waals surface area (Å²) in [6.45, 7) is 8.68. The highest BCUT2D eigenvalue weighted by atomic mass is 31.3. The molecule has 0 aromatic heterocycles. The zero-order valence-electron chi connectivity index (χ0n) is 17.2. The van der Waals surface area contributed by atoms with Gasteiger partial charge in [0, 0.05) is 12.2 Å². The van der Waals surface area contributed by atoms with Gasteiger partial charge in [-0.1, -0.05) is 55.3 Å². The van der Waals surface area contributed by atoms with Crippen molar-refractivity contribution in [2.45, 2.75) is 46.5 Å². The highest BCUT2D eigenvalue weighted by molar-refractivity contribution is 7.60. The first-order valence-electron chi connectivity index (χ1n) is 9.28. The van der Waals surface area contributed by atoms with Crippen LogP contribution in [-0.2, 0) is 18.0 Å². The Hall–Kier alpha value is -1.24. The number of hydrogen-bond donors (Lipinski definition) is 4. The summed E-state index contributed by atoms with van der Waals surface area (Å²) in [5.74, 6) is 0.444. The van der Waals surface area contributed by atoms with E-state index in [-0.39, 0.29) is 6.61 Å². The van der Waals surface area contributed by atoms with Gasteiger partial charge >= 0.3 is 15.6 Å². The van der Waals surface area contributed by atoms with Gasteiger partial charge in [0.05, 0.1) is 6.61 Å². The smallest absolute Gasteiger partial charge is 0.381 e. The molecule has 0 amide bonds. The minimum Gasteiger partial charge on any atom is -0.381 e. The van der Waals surface area contributed by atoms with Gasteiger partial charge < -0.3 is 20.0 Å². The minimum absolute atomic E-state index is 0.282. The lowest BCUT2D eigenvalue weighted by molar-refractivity contribution is 0.191. The van der Waals surface area contributed by atoms with Gasteiger partial charge in [-0.05, 0) is 44.2 Å². The molecule has 0 aliphatic carbocycles. The van der Waals surface area contributed by atoms with Gasteiger partial charge in [0.1, 0.15) is 0 Å². The van der Waals surface area contributed by atoms with Crippen LogP contribution in [0.3, 0.4) is 0 Å². The normalized spacial score (nSPS) is 15.4. The first-order valence-corrected chi connectivity index (χ1v) is 12.3. The van der Waals surface area contributed by atoms with E-state index in [4.69, 9.17) is 9.79 Å². The van der Waals surface area contributed by atoms with Crippen molar-refractivity contribution in [3.8, 4) is 0 Å². The summed E-state index contributed by atoms with van der Waals surface area (Å²) in [6, 6.07) is 8.25. The molecule has 0 saturated heterocycles. The van der Waals surface area contributed by atoms with Gasteiger partial charge in [-0.15, -0.1) is 0 Å². The molecule has 4 N–H and O–H groups in total. The van der Waals surface area contributed by atoms with Crippen molar-refractivity contribution in [2.75, 3.05) is 18.5 Å². The van der Waals surface area contributed by atoms with Gasteiger partial charge in [0.15, 0.2) is 0 Å². The molecule has 0 fully saturated rings. The molecule has 0 spiro atoms. The molecule has 1 aromatic carbocycles. The second kappa shape index (κ2) is 11.8. The lowest BCUT2D eigenvalue weighted by Crippen LogP contribution is -2.06. The Morgan fingerprint density at radius 1 is 1.10 bits per heavy atom. The van der Waals surface area contributed by atoms with Crippen molar-refractivity contribution < 1.29 is 32.6 Å². The van der Waals surface area contributed by atoms with E-state index < -0.39 is 15.6 Å². The molecule has 1 aromatic rings. The van der Waals surface area contributed by atoms with Crippen LogP contribution in [0.15, 0.2) is 47.6 Å². The van der Waals surface area contributed by atoms with Crippen molar-refractivity contribution >= 4 is 21.3 Å². The van der Waals surface area contributed by atoms with Crippen molar-refractivity contribution in [3.05, 3.63) is 53.1 Å². The van der Waals surface area contributed by atoms with Crippen LogP contribution in [0.5, 0.6) is 0 Å². The quantitative estimate of drug-likeness (QED) is 0.257. The predicted molar refractivity (Wildman–Crippen MR) is 115 cm³/mol. The van der Waals surface area contributed by atoms with Crippen molar-refractivity contribution in [1.82, 2.24) is 0 Å². The summed E-state index contributed by atoms with van der Waals surface area (Å²) in [7, 11) is -9.88. The second-order valence-electron chi connectivity index (χ2n) is 7.07. The van der Waals surface area contributed by atoms with Gasteiger partial charge in [0.25, 0.3) is 0 Å². The number of allylic oxidation sites excluding steroid dienone is 2. The number of nitrogens with one attached hydrogen (secondary N) is 1. The van der Waals surface area contributed by atoms with Crippen LogP contribution in [0, 0.1) is 0 Å². The summed E-state index contributed by atoms with van der Waals surface area (Å²) in [6.07, 6.45) is 5.21. The van der Waals surface area contributed by atoms with E-state index in [1.54, 1.807) is 6.08 Å². The van der Waals surface area contributed by atoms with Gasteiger partial charge in [0.2, 0.25) is 0 Å². The molecular formula is C19H31NO7P2. The standard InChI is InChI=1S/C19H31NO7P2/c1-15(2)18-10-5-6-11-19(18)20-14-17(4)9-7-8-16(3)12-13-26-29(24,25)27-28(21,22)23/h5-6,9-12,15,20H,7-8,13-14H2,1-4H3,(H,24,25)(H2,21,22,23)/b16-12+,17-9+. The third kappa shape index (κ3) is 11.5. The zero-order chi connectivity index (χ0) is 22.1. The molecule has 0 radical (unpaired) electrons. The summed E-state index contributed by atoms with van der Waals surface area (Å²) in [5.41, 5.74) is 4.53. The molecule has 29 heavy (non-hydrogen) atoms. The van der Waals surface area contributed by atoms with E-state index >= 15 is 0 Å². The maximum Gasteiger partial charge on any atom is 0.481 e. The fourth-order valence-electron chi connectivity index (χ4n) is 2.55. The number of benzene rings is 1. The predicted octanol–water partition coefficient (Wildman–Crippen LogP) is 5.12. The average Bonchev–Trinajstić information content (AvgIpc) is 2.57. The highest BCUT2D eigenvalue weighted by Gasteiger charge is 2.31. The van der Waals surface area contributed by atoms with Crippen LogP contribution in [-0.4, -0.2) is 27.8 Å². The Balaban J connectivity index is 2.43. The van der Waals surface area contributed by atoms with Crippen LogP contribution in [0.1, 0.15) is 52.0 Å². The van der Waals surface area contributed by atoms with E-state index in [1.807, 2.05) is 19.1 Å². The Bertz CT molecular complexity index is 815. The lowest BCUT2D eigenvalue weighted by atomic mass is 10.0. The Labute approximate surface area is 172 Å². The van der Waals surface area contributed by atoms with Crippen molar-refractivity contribution in [1.29, 1.82) is 0 Å². The lowest BCUT2D eigenvalue weighted by Gasteiger charge is -2.14. The number of rotatable bonds is 12. The van der Waals surface area contributed by atoms with E-state index in [9.17, 15) is 14.0 Å². The molecule has 0 aliphatic heterocycles. The third-order valence-electron chi connectivity index (χ3n) is 4.05. The number of para-hydroxylation sites is 1. The SMILES string of the molecule is C/C(=C\COP(=O)(O)OP(=O)(O)O)CC/C=C(\C)CNc1ccccc1C(C)C. The first kappa shape index (κ1) is 25.8. The molecule has 164 valence electrons. The monoisotopic (exact) mass is 447 g/mol. The second-order valence-corrected chi connectivity index (χ2v) is 9.90. The molecule has 0 aliphatic rings. The van der Waals surface area contributed by atoms with Gasteiger partial charge in [-0.25, -0.2) is 9.13 Å². The molecular weight excluding hydrogens is 416 g/mol. The molecule has 0 bridgehead atoms. The highest BCUT2D eigenvalue weighted by Crippen LogP contribution is 2.57. The van der Waals surface area contributed by atoms with Crippen molar-refractivity contribution in [2.24, 2.45) is 0 Å². The van der Waals surface area contributed by atoms with Crippen LogP contribution in [0.2, 0.25) is 0 Å². The molecule has 10 heteroatoms. The summed E-state index contributed by atoms with van der Waals surface area (Å²) < 4.78 is 30.2. The number of anilines is 1. The topological polar surface area (TPSA) is 125 Å². The van der Waals surface area contributed by atoms with E-state index in [0.29, 0.717) is 5.92 Å². The molecule has 1 unspecified atom stereocenters. The van der Waals surface area contributed by atoms with Crippen LogP contribution in [0.25, 0.3) is 0 Å². The number of phosphoric acid groups is 2. The van der Waals surface area contributed by atoms with Gasteiger partial charge in [-0.3, -0.25) is 4.52 Å². The molecule has 1 atom stereocenters. The van der Waals surface area contributed by atoms with Crippen LogP contribution in [0.4, 0.5) is 5.69 Å². The average molecular weight is 447 g/mol. The van der Waals surface area contributed by atoms with E-state index in [2.05, 4.69) is 53.1 Å². The fraction of sp³-hybridized carbons (Fsp3) is 0.474. The summed E-state index contributed by atoms with van der Waals surface area (Å²) in [5, 5.41) is 3.46. The fourth-order valence-corrected chi connectivity index (χ4v) is 4.08. The van der Waals surface area contributed by atoms with E-state index in [0.717, 1.165) is 30.6 Å². The third-order valence-corrected chi connectivity index (χ3v) is 6.20. The van der Waals surface area contributed by atoms with Gasteiger partial charge in [-0.2, -0.15) is 4.31 Å². The van der Waals surface area contributed by atoms with Crippen LogP contribution < -0.4 is 5.32 Å². The number of phosphoric ester groups is 1. The Morgan fingerprint density at radius 3 is 2.38 bits per heavy atom. The zero-order valence-corrected chi connectivity index (χ0v) is 19.0. The minimum atomic E-state index is -5.09. The number of hydrogen-bond acceptors (Lipinski definition) is 5. The molecule has 1 rings (SSSR count). The maximum absolute atomic E-state index is 11.3. The Kier molecular flexibility index (Phi) is 10.5. The maximum atomic E-state index is 11.3. The van der Waals surface area contributed by atoms with Crippen LogP contribution >= 0.6 is 15.6 Å². The van der Waals surface area contributed by atoms with E-state index in [1.165, 1.54) is 11.1 Å². The molecule has 0 saturated carbocycles. The largest absolute Gasteiger partial charge is 0.481 e. The molecule has 8 nitrogen and oxygen atoms in total. The van der Waals surface area contributed by atoms with Crippen molar-refractivity contribution in [3.63, 3.8) is 0 Å².